The smallest absolute Gasteiger partial charge is 0.246 e. The van der Waals surface area contributed by atoms with Crippen LogP contribution in [-0.2, 0) is 20.8 Å². The zero-order chi connectivity index (χ0) is 15.8. The first-order valence-corrected chi connectivity index (χ1v) is 7.47. The molecule has 0 unspecified atom stereocenters. The summed E-state index contributed by atoms with van der Waals surface area (Å²) in [5.41, 5.74) is 0.669. The van der Waals surface area contributed by atoms with E-state index >= 15 is 0 Å². The number of carbonyl (C=O) groups excluding carboxylic acids is 1. The average molecular weight is 311 g/mol. The maximum Gasteiger partial charge on any atom is 0.246 e. The highest BCUT2D eigenvalue weighted by Gasteiger charge is 2.14. The molecule has 0 saturated carbocycles. The number of rotatable bonds is 7. The molecule has 1 amide bonds. The van der Waals surface area contributed by atoms with Crippen molar-refractivity contribution in [2.75, 3.05) is 26.9 Å². The van der Waals surface area contributed by atoms with Gasteiger partial charge >= 0.3 is 0 Å². The van der Waals surface area contributed by atoms with Crippen LogP contribution in [0.3, 0.4) is 0 Å². The molecule has 0 aliphatic carbocycles. The number of nitrogens with one attached hydrogen (secondary N) is 1. The van der Waals surface area contributed by atoms with Crippen LogP contribution in [0, 0.1) is 5.82 Å². The van der Waals surface area contributed by atoms with Gasteiger partial charge in [-0.15, -0.1) is 0 Å². The Balaban J connectivity index is 1.65. The van der Waals surface area contributed by atoms with E-state index in [-0.39, 0.29) is 30.9 Å². The lowest BCUT2D eigenvalue weighted by Crippen LogP contribution is -2.30. The van der Waals surface area contributed by atoms with E-state index < -0.39 is 5.82 Å². The largest absolute Gasteiger partial charge is 0.494 e. The first kappa shape index (κ1) is 16.7. The summed E-state index contributed by atoms with van der Waals surface area (Å²) in [7, 11) is 1.41. The van der Waals surface area contributed by atoms with Crippen molar-refractivity contribution in [2.45, 2.75) is 31.9 Å². The molecule has 1 saturated heterocycles. The van der Waals surface area contributed by atoms with E-state index in [0.29, 0.717) is 12.2 Å². The second kappa shape index (κ2) is 8.70. The van der Waals surface area contributed by atoms with Crippen LogP contribution in [0.2, 0.25) is 0 Å². The van der Waals surface area contributed by atoms with E-state index in [1.807, 2.05) is 0 Å². The lowest BCUT2D eigenvalue weighted by Gasteiger charge is -2.22. The highest BCUT2D eigenvalue weighted by molar-refractivity contribution is 5.77. The van der Waals surface area contributed by atoms with Crippen LogP contribution in [0.5, 0.6) is 5.75 Å². The summed E-state index contributed by atoms with van der Waals surface area (Å²) in [5.74, 6) is -0.488. The zero-order valence-electron chi connectivity index (χ0n) is 12.8. The lowest BCUT2D eigenvalue weighted by atomic mass is 10.1. The van der Waals surface area contributed by atoms with Gasteiger partial charge in [0.1, 0.15) is 6.61 Å². The van der Waals surface area contributed by atoms with Crippen LogP contribution in [0.15, 0.2) is 18.2 Å². The number of amides is 1. The van der Waals surface area contributed by atoms with E-state index in [1.54, 1.807) is 6.07 Å². The van der Waals surface area contributed by atoms with Crippen molar-refractivity contribution in [1.29, 1.82) is 0 Å². The molecule has 1 fully saturated rings. The van der Waals surface area contributed by atoms with Gasteiger partial charge in [-0.25, -0.2) is 4.39 Å². The molecular formula is C16H22FNO4. The first-order chi connectivity index (χ1) is 10.7. The normalized spacial score (nSPS) is 18.0. The standard InChI is InChI=1S/C16H22FNO4/c1-20-15-6-5-12(8-14(15)17)9-18-16(19)11-21-10-13-4-2-3-7-22-13/h5-6,8,13H,2-4,7,9-11H2,1H3,(H,18,19)/t13-/m1/s1. The Labute approximate surface area is 129 Å². The van der Waals surface area contributed by atoms with Crippen molar-refractivity contribution >= 4 is 5.91 Å². The molecule has 1 aromatic carbocycles. The summed E-state index contributed by atoms with van der Waals surface area (Å²) in [6, 6.07) is 4.59. The summed E-state index contributed by atoms with van der Waals surface area (Å²) < 4.78 is 29.2. The van der Waals surface area contributed by atoms with Crippen LogP contribution in [0.1, 0.15) is 24.8 Å². The molecule has 0 spiro atoms. The zero-order valence-corrected chi connectivity index (χ0v) is 12.8. The fraction of sp³-hybridized carbons (Fsp3) is 0.562. The average Bonchev–Trinajstić information content (AvgIpc) is 2.54. The first-order valence-electron chi connectivity index (χ1n) is 7.47. The van der Waals surface area contributed by atoms with Crippen molar-refractivity contribution in [1.82, 2.24) is 5.32 Å². The van der Waals surface area contributed by atoms with Gasteiger partial charge in [-0.05, 0) is 37.0 Å². The van der Waals surface area contributed by atoms with Crippen molar-refractivity contribution in [2.24, 2.45) is 0 Å². The molecule has 122 valence electrons. The van der Waals surface area contributed by atoms with Crippen LogP contribution in [0.25, 0.3) is 0 Å². The summed E-state index contributed by atoms with van der Waals surface area (Å²) in [6.07, 6.45) is 3.31. The quantitative estimate of drug-likeness (QED) is 0.837. The van der Waals surface area contributed by atoms with Crippen molar-refractivity contribution in [3.63, 3.8) is 0 Å². The molecule has 1 atom stereocenters. The number of ether oxygens (including phenoxy) is 3. The van der Waals surface area contributed by atoms with Gasteiger partial charge in [-0.3, -0.25) is 4.79 Å². The molecule has 1 aromatic rings. The molecule has 1 aliphatic rings. The van der Waals surface area contributed by atoms with Gasteiger partial charge < -0.3 is 19.5 Å². The molecule has 1 heterocycles. The van der Waals surface area contributed by atoms with Crippen LogP contribution in [-0.4, -0.2) is 38.9 Å². The van der Waals surface area contributed by atoms with E-state index in [2.05, 4.69) is 5.32 Å². The molecule has 0 radical (unpaired) electrons. The second-order valence-electron chi connectivity index (χ2n) is 5.25. The summed E-state index contributed by atoms with van der Waals surface area (Å²) in [5, 5.41) is 2.69. The minimum atomic E-state index is -0.444. The number of carbonyl (C=O) groups is 1. The van der Waals surface area contributed by atoms with Gasteiger partial charge in [0.2, 0.25) is 5.91 Å². The lowest BCUT2D eigenvalue weighted by molar-refractivity contribution is -0.128. The van der Waals surface area contributed by atoms with E-state index in [1.165, 1.54) is 19.2 Å². The minimum absolute atomic E-state index is 0.0154. The Hall–Kier alpha value is -1.66. The Bertz CT molecular complexity index is 489. The SMILES string of the molecule is COc1ccc(CNC(=O)COC[C@H]2CCCCO2)cc1F. The molecule has 0 aromatic heterocycles. The molecule has 2 rings (SSSR count). The van der Waals surface area contributed by atoms with Gasteiger partial charge in [-0.1, -0.05) is 6.07 Å². The van der Waals surface area contributed by atoms with Crippen molar-refractivity contribution in [3.05, 3.63) is 29.6 Å². The number of hydrogen-bond donors (Lipinski definition) is 1. The fourth-order valence-corrected chi connectivity index (χ4v) is 2.29. The van der Waals surface area contributed by atoms with Crippen molar-refractivity contribution in [3.8, 4) is 5.75 Å². The summed E-state index contributed by atoms with van der Waals surface area (Å²) in [4.78, 5) is 11.7. The van der Waals surface area contributed by atoms with Gasteiger partial charge in [-0.2, -0.15) is 0 Å². The van der Waals surface area contributed by atoms with Gasteiger partial charge in [0, 0.05) is 13.2 Å². The molecule has 22 heavy (non-hydrogen) atoms. The molecule has 5 nitrogen and oxygen atoms in total. The van der Waals surface area contributed by atoms with E-state index in [9.17, 15) is 9.18 Å². The second-order valence-corrected chi connectivity index (χ2v) is 5.25. The maximum absolute atomic E-state index is 13.5. The van der Waals surface area contributed by atoms with Crippen LogP contribution < -0.4 is 10.1 Å². The van der Waals surface area contributed by atoms with E-state index in [0.717, 1.165) is 25.9 Å². The highest BCUT2D eigenvalue weighted by Crippen LogP contribution is 2.17. The number of benzene rings is 1. The third-order valence-corrected chi connectivity index (χ3v) is 3.52. The Morgan fingerprint density at radius 2 is 2.32 bits per heavy atom. The molecule has 1 aliphatic heterocycles. The highest BCUT2D eigenvalue weighted by atomic mass is 19.1. The van der Waals surface area contributed by atoms with Gasteiger partial charge in [0.15, 0.2) is 11.6 Å². The van der Waals surface area contributed by atoms with Gasteiger partial charge in [0.05, 0.1) is 19.8 Å². The minimum Gasteiger partial charge on any atom is -0.494 e. The monoisotopic (exact) mass is 311 g/mol. The third kappa shape index (κ3) is 5.27. The van der Waals surface area contributed by atoms with Crippen LogP contribution in [0.4, 0.5) is 4.39 Å². The Morgan fingerprint density at radius 1 is 1.45 bits per heavy atom. The predicted octanol–water partition coefficient (Wildman–Crippen LogP) is 2.04. The van der Waals surface area contributed by atoms with Crippen molar-refractivity contribution < 1.29 is 23.4 Å². The topological polar surface area (TPSA) is 56.8 Å². The molecule has 1 N–H and O–H groups in total. The molecule has 6 heteroatoms. The third-order valence-electron chi connectivity index (χ3n) is 3.52. The van der Waals surface area contributed by atoms with Gasteiger partial charge in [0.25, 0.3) is 0 Å². The molecular weight excluding hydrogens is 289 g/mol. The predicted molar refractivity (Wildman–Crippen MR) is 79.2 cm³/mol. The Kier molecular flexibility index (Phi) is 6.61. The summed E-state index contributed by atoms with van der Waals surface area (Å²) >= 11 is 0. The number of methoxy groups -OCH3 is 1. The molecule has 0 bridgehead atoms. The number of halogens is 1. The Morgan fingerprint density at radius 3 is 3.00 bits per heavy atom. The van der Waals surface area contributed by atoms with E-state index in [4.69, 9.17) is 14.2 Å². The van der Waals surface area contributed by atoms with Crippen LogP contribution >= 0.6 is 0 Å². The maximum atomic E-state index is 13.5. The number of hydrogen-bond acceptors (Lipinski definition) is 4. The summed E-state index contributed by atoms with van der Waals surface area (Å²) in [6.45, 7) is 1.44. The fourth-order valence-electron chi connectivity index (χ4n) is 2.29.